The van der Waals surface area contributed by atoms with Crippen molar-refractivity contribution in [1.82, 2.24) is 9.97 Å². The number of aryl methyl sites for hydroxylation is 2. The quantitative estimate of drug-likeness (QED) is 0.731. The van der Waals surface area contributed by atoms with E-state index in [1.54, 1.807) is 0 Å². The molecule has 0 saturated heterocycles. The third kappa shape index (κ3) is 4.07. The highest BCUT2D eigenvalue weighted by Crippen LogP contribution is 2.18. The molecule has 0 saturated carbocycles. The summed E-state index contributed by atoms with van der Waals surface area (Å²) in [6.07, 6.45) is 0. The Kier molecular flexibility index (Phi) is 4.52. The van der Waals surface area contributed by atoms with Crippen LogP contribution in [0.1, 0.15) is 17.0 Å². The molecule has 0 atom stereocenters. The number of nitrogens with one attached hydrogen (secondary N) is 2. The van der Waals surface area contributed by atoms with Crippen LogP contribution in [0.2, 0.25) is 0 Å². The first kappa shape index (κ1) is 15.0. The van der Waals surface area contributed by atoms with Gasteiger partial charge in [0.25, 0.3) is 0 Å². The molecule has 1 aromatic heterocycles. The van der Waals surface area contributed by atoms with Crippen LogP contribution in [0.25, 0.3) is 0 Å². The second-order valence-electron chi connectivity index (χ2n) is 5.46. The van der Waals surface area contributed by atoms with E-state index in [0.717, 1.165) is 29.7 Å². The largest absolute Gasteiger partial charge is 0.366 e. The summed E-state index contributed by atoms with van der Waals surface area (Å²) < 4.78 is 0. The van der Waals surface area contributed by atoms with Gasteiger partial charge >= 0.3 is 0 Å². The smallest absolute Gasteiger partial charge is 0.136 e. The maximum Gasteiger partial charge on any atom is 0.136 e. The molecule has 0 aliphatic rings. The highest BCUT2D eigenvalue weighted by molar-refractivity contribution is 5.59. The van der Waals surface area contributed by atoms with Crippen LogP contribution >= 0.6 is 0 Å². The Morgan fingerprint density at radius 2 is 1.52 bits per heavy atom. The third-order valence-corrected chi connectivity index (χ3v) is 3.61. The number of para-hydroxylation sites is 1. The molecule has 0 bridgehead atoms. The lowest BCUT2D eigenvalue weighted by molar-refractivity contribution is 1.02. The number of hydrogen-bond donors (Lipinski definition) is 2. The van der Waals surface area contributed by atoms with Gasteiger partial charge in [-0.15, -0.1) is 0 Å². The Morgan fingerprint density at radius 3 is 2.30 bits per heavy atom. The van der Waals surface area contributed by atoms with E-state index in [-0.39, 0.29) is 0 Å². The molecule has 2 aromatic carbocycles. The van der Waals surface area contributed by atoms with Crippen LogP contribution in [0.5, 0.6) is 0 Å². The number of rotatable bonds is 5. The Bertz CT molecular complexity index is 784. The molecule has 3 aromatic rings. The zero-order chi connectivity index (χ0) is 16.1. The summed E-state index contributed by atoms with van der Waals surface area (Å²) in [5.74, 6) is 2.34. The van der Waals surface area contributed by atoms with Crippen molar-refractivity contribution in [2.75, 3.05) is 10.6 Å². The molecule has 0 radical (unpaired) electrons. The van der Waals surface area contributed by atoms with E-state index in [1.165, 1.54) is 11.1 Å². The van der Waals surface area contributed by atoms with Gasteiger partial charge in [0.2, 0.25) is 0 Å². The van der Waals surface area contributed by atoms with Crippen molar-refractivity contribution in [3.05, 3.63) is 77.6 Å². The van der Waals surface area contributed by atoms with Crippen molar-refractivity contribution in [2.24, 2.45) is 0 Å². The normalized spacial score (nSPS) is 10.3. The van der Waals surface area contributed by atoms with Gasteiger partial charge in [0.1, 0.15) is 17.5 Å². The minimum atomic E-state index is 0.734. The maximum absolute atomic E-state index is 4.46. The van der Waals surface area contributed by atoms with Crippen molar-refractivity contribution in [3.8, 4) is 0 Å². The molecule has 3 rings (SSSR count). The first-order valence-electron chi connectivity index (χ1n) is 7.67. The number of aromatic nitrogens is 2. The Labute approximate surface area is 136 Å². The van der Waals surface area contributed by atoms with Crippen LogP contribution in [0.15, 0.2) is 60.7 Å². The fourth-order valence-corrected chi connectivity index (χ4v) is 2.39. The summed E-state index contributed by atoms with van der Waals surface area (Å²) in [7, 11) is 0. The van der Waals surface area contributed by atoms with E-state index in [0.29, 0.717) is 0 Å². The second kappa shape index (κ2) is 6.92. The van der Waals surface area contributed by atoms with E-state index < -0.39 is 0 Å². The first-order chi connectivity index (χ1) is 11.2. The van der Waals surface area contributed by atoms with Crippen molar-refractivity contribution in [3.63, 3.8) is 0 Å². The van der Waals surface area contributed by atoms with Gasteiger partial charge in [-0.2, -0.15) is 0 Å². The molecule has 0 fully saturated rings. The molecule has 116 valence electrons. The molecule has 23 heavy (non-hydrogen) atoms. The highest BCUT2D eigenvalue weighted by Gasteiger charge is 2.03. The van der Waals surface area contributed by atoms with E-state index in [4.69, 9.17) is 0 Å². The highest BCUT2D eigenvalue weighted by atomic mass is 15.1. The fraction of sp³-hybridized carbons (Fsp3) is 0.158. The van der Waals surface area contributed by atoms with Crippen LogP contribution in [0.4, 0.5) is 17.3 Å². The molecule has 1 heterocycles. The monoisotopic (exact) mass is 304 g/mol. The Hall–Kier alpha value is -2.88. The second-order valence-corrected chi connectivity index (χ2v) is 5.46. The van der Waals surface area contributed by atoms with E-state index in [2.05, 4.69) is 51.8 Å². The van der Waals surface area contributed by atoms with Crippen molar-refractivity contribution < 1.29 is 0 Å². The molecular weight excluding hydrogens is 284 g/mol. The number of nitrogens with zero attached hydrogens (tertiary/aromatic N) is 2. The summed E-state index contributed by atoms with van der Waals surface area (Å²) in [5.41, 5.74) is 3.55. The summed E-state index contributed by atoms with van der Waals surface area (Å²) >= 11 is 0. The zero-order valence-electron chi connectivity index (χ0n) is 13.4. The number of benzene rings is 2. The van der Waals surface area contributed by atoms with Gasteiger partial charge in [-0.25, -0.2) is 9.97 Å². The van der Waals surface area contributed by atoms with Gasteiger partial charge in [-0.05, 0) is 37.1 Å². The summed E-state index contributed by atoms with van der Waals surface area (Å²) in [4.78, 5) is 8.90. The lowest BCUT2D eigenvalue weighted by Gasteiger charge is -2.11. The topological polar surface area (TPSA) is 49.8 Å². The predicted octanol–water partition coefficient (Wildman–Crippen LogP) is 4.45. The average Bonchev–Trinajstić information content (AvgIpc) is 2.54. The van der Waals surface area contributed by atoms with Gasteiger partial charge in [-0.1, -0.05) is 42.5 Å². The van der Waals surface area contributed by atoms with Gasteiger partial charge in [0, 0.05) is 18.3 Å². The van der Waals surface area contributed by atoms with Crippen LogP contribution in [-0.4, -0.2) is 9.97 Å². The molecule has 0 amide bonds. The molecule has 0 unspecified atom stereocenters. The summed E-state index contributed by atoms with van der Waals surface area (Å²) in [6, 6.07) is 20.3. The molecule has 4 heteroatoms. The first-order valence-corrected chi connectivity index (χ1v) is 7.67. The van der Waals surface area contributed by atoms with Crippen LogP contribution in [0.3, 0.4) is 0 Å². The molecule has 2 N–H and O–H groups in total. The molecule has 0 spiro atoms. The predicted molar refractivity (Wildman–Crippen MR) is 95.0 cm³/mol. The van der Waals surface area contributed by atoms with Gasteiger partial charge < -0.3 is 10.6 Å². The van der Waals surface area contributed by atoms with E-state index in [1.807, 2.05) is 43.3 Å². The SMILES string of the molecule is Cc1nc(NCc2ccccc2C)cc(Nc2ccccc2)n1. The molecule has 0 aliphatic carbocycles. The minimum absolute atomic E-state index is 0.734. The van der Waals surface area contributed by atoms with Crippen molar-refractivity contribution in [2.45, 2.75) is 20.4 Å². The van der Waals surface area contributed by atoms with Crippen molar-refractivity contribution >= 4 is 17.3 Å². The van der Waals surface area contributed by atoms with Crippen LogP contribution < -0.4 is 10.6 Å². The molecule has 4 nitrogen and oxygen atoms in total. The maximum atomic E-state index is 4.46. The molecular formula is C19H20N4. The van der Waals surface area contributed by atoms with Gasteiger partial charge in [0.05, 0.1) is 0 Å². The zero-order valence-corrected chi connectivity index (χ0v) is 13.4. The van der Waals surface area contributed by atoms with E-state index in [9.17, 15) is 0 Å². The fourth-order valence-electron chi connectivity index (χ4n) is 2.39. The summed E-state index contributed by atoms with van der Waals surface area (Å²) in [6.45, 7) is 4.76. The van der Waals surface area contributed by atoms with E-state index >= 15 is 0 Å². The van der Waals surface area contributed by atoms with Crippen LogP contribution in [-0.2, 0) is 6.54 Å². The Balaban J connectivity index is 1.74. The Morgan fingerprint density at radius 1 is 0.826 bits per heavy atom. The third-order valence-electron chi connectivity index (χ3n) is 3.61. The number of hydrogen-bond acceptors (Lipinski definition) is 4. The standard InChI is InChI=1S/C19H20N4/c1-14-8-6-7-9-16(14)13-20-18-12-19(22-15(2)21-18)23-17-10-4-3-5-11-17/h3-12H,13H2,1-2H3,(H2,20,21,22,23). The average molecular weight is 304 g/mol. The van der Waals surface area contributed by atoms with Gasteiger partial charge in [0.15, 0.2) is 0 Å². The number of anilines is 3. The van der Waals surface area contributed by atoms with Crippen LogP contribution in [0, 0.1) is 13.8 Å². The van der Waals surface area contributed by atoms with Crippen molar-refractivity contribution in [1.29, 1.82) is 0 Å². The lowest BCUT2D eigenvalue weighted by atomic mass is 10.1. The lowest BCUT2D eigenvalue weighted by Crippen LogP contribution is -2.06. The summed E-state index contributed by atoms with van der Waals surface area (Å²) in [5, 5.41) is 6.68. The van der Waals surface area contributed by atoms with Gasteiger partial charge in [-0.3, -0.25) is 0 Å². The minimum Gasteiger partial charge on any atom is -0.366 e. The molecule has 0 aliphatic heterocycles.